The first-order valence-corrected chi connectivity index (χ1v) is 9.14. The van der Waals surface area contributed by atoms with E-state index in [9.17, 15) is 14.7 Å². The van der Waals surface area contributed by atoms with E-state index < -0.39 is 0 Å². The molecular weight excluding hydrogens is 334 g/mol. The standard InChI is InChI=1S/C18H21N5O3/c24-15-6-18(5-12(15)18)17(26)22-11-2-1-10(4-11)21-16(25)9-3-13-14(19-7-9)8-20-23-13/h3,7-8,10-12,15,24H,1-2,4-6H2,(H,20,23)(H,21,25)(H,22,26)/t10-,11+,12-,15+,18-/m0/s1. The summed E-state index contributed by atoms with van der Waals surface area (Å²) in [5.74, 6) is 0.0944. The first kappa shape index (κ1) is 15.7. The monoisotopic (exact) mass is 355 g/mol. The Morgan fingerprint density at radius 1 is 1.19 bits per heavy atom. The summed E-state index contributed by atoms with van der Waals surface area (Å²) in [6.45, 7) is 0. The molecule has 8 heteroatoms. The van der Waals surface area contributed by atoms with Gasteiger partial charge in [0, 0.05) is 24.2 Å². The normalized spacial score (nSPS) is 34.8. The van der Waals surface area contributed by atoms with Gasteiger partial charge in [0.25, 0.3) is 5.91 Å². The molecule has 3 aliphatic carbocycles. The van der Waals surface area contributed by atoms with Crippen molar-refractivity contribution < 1.29 is 14.7 Å². The van der Waals surface area contributed by atoms with Crippen LogP contribution in [-0.2, 0) is 4.79 Å². The Morgan fingerprint density at radius 3 is 2.73 bits per heavy atom. The highest BCUT2D eigenvalue weighted by atomic mass is 16.3. The lowest BCUT2D eigenvalue weighted by molar-refractivity contribution is -0.133. The van der Waals surface area contributed by atoms with Gasteiger partial charge >= 0.3 is 0 Å². The number of aliphatic hydroxyl groups excluding tert-OH is 1. The number of amides is 2. The van der Waals surface area contributed by atoms with Gasteiger partial charge < -0.3 is 15.7 Å². The Bertz CT molecular complexity index is 896. The lowest BCUT2D eigenvalue weighted by atomic mass is 9.81. The van der Waals surface area contributed by atoms with E-state index in [0.29, 0.717) is 12.0 Å². The van der Waals surface area contributed by atoms with Crippen LogP contribution in [0.25, 0.3) is 11.0 Å². The number of aromatic nitrogens is 3. The number of hydrogen-bond acceptors (Lipinski definition) is 5. The van der Waals surface area contributed by atoms with Crippen molar-refractivity contribution in [1.29, 1.82) is 0 Å². The highest BCUT2D eigenvalue weighted by molar-refractivity contribution is 5.96. The van der Waals surface area contributed by atoms with Crippen molar-refractivity contribution >= 4 is 22.8 Å². The van der Waals surface area contributed by atoms with Gasteiger partial charge in [-0.2, -0.15) is 5.10 Å². The van der Waals surface area contributed by atoms with Crippen molar-refractivity contribution in [3.63, 3.8) is 0 Å². The fourth-order valence-corrected chi connectivity index (χ4v) is 4.58. The second-order valence-corrected chi connectivity index (χ2v) is 7.92. The fourth-order valence-electron chi connectivity index (χ4n) is 4.58. The van der Waals surface area contributed by atoms with E-state index in [4.69, 9.17) is 0 Å². The van der Waals surface area contributed by atoms with E-state index >= 15 is 0 Å². The third-order valence-corrected chi connectivity index (χ3v) is 6.28. The molecule has 2 amide bonds. The lowest BCUT2D eigenvalue weighted by Gasteiger charge is -2.30. The minimum Gasteiger partial charge on any atom is -0.393 e. The molecule has 0 radical (unpaired) electrons. The van der Waals surface area contributed by atoms with Gasteiger partial charge in [-0.25, -0.2) is 0 Å². The van der Waals surface area contributed by atoms with Crippen LogP contribution in [0.3, 0.4) is 0 Å². The predicted octanol–water partition coefficient (Wildman–Crippen LogP) is 0.496. The first-order valence-electron chi connectivity index (χ1n) is 9.14. The summed E-state index contributed by atoms with van der Waals surface area (Å²) in [6, 6.07) is 1.88. The maximum Gasteiger partial charge on any atom is 0.253 e. The number of fused-ring (bicyclic) bond motifs is 2. The zero-order chi connectivity index (χ0) is 17.9. The summed E-state index contributed by atoms with van der Waals surface area (Å²) >= 11 is 0. The zero-order valence-corrected chi connectivity index (χ0v) is 14.2. The molecule has 5 rings (SSSR count). The van der Waals surface area contributed by atoms with Crippen molar-refractivity contribution in [3.8, 4) is 0 Å². The summed E-state index contributed by atoms with van der Waals surface area (Å²) in [6.07, 6.45) is 6.72. The summed E-state index contributed by atoms with van der Waals surface area (Å²) in [5.41, 5.74) is 1.67. The van der Waals surface area contributed by atoms with Crippen molar-refractivity contribution in [2.45, 2.75) is 50.3 Å². The predicted molar refractivity (Wildman–Crippen MR) is 92.1 cm³/mol. The number of aliphatic hydroxyl groups is 1. The molecule has 3 aliphatic rings. The van der Waals surface area contributed by atoms with Gasteiger partial charge in [-0.1, -0.05) is 0 Å². The number of aromatic amines is 1. The van der Waals surface area contributed by atoms with Gasteiger partial charge in [0.2, 0.25) is 5.91 Å². The van der Waals surface area contributed by atoms with E-state index in [-0.39, 0.29) is 41.3 Å². The van der Waals surface area contributed by atoms with Crippen LogP contribution in [0.5, 0.6) is 0 Å². The molecule has 4 N–H and O–H groups in total. The van der Waals surface area contributed by atoms with Gasteiger partial charge in [0.05, 0.1) is 28.8 Å². The number of pyridine rings is 1. The number of carbonyl (C=O) groups is 2. The molecule has 0 saturated heterocycles. The summed E-state index contributed by atoms with van der Waals surface area (Å²) in [5, 5.41) is 22.5. The molecule has 0 bridgehead atoms. The van der Waals surface area contributed by atoms with Crippen molar-refractivity contribution in [2.75, 3.05) is 0 Å². The van der Waals surface area contributed by atoms with Crippen LogP contribution in [0, 0.1) is 11.3 Å². The molecule has 136 valence electrons. The number of nitrogens with one attached hydrogen (secondary N) is 3. The second-order valence-electron chi connectivity index (χ2n) is 7.92. The Balaban J connectivity index is 1.16. The van der Waals surface area contributed by atoms with Crippen LogP contribution in [0.2, 0.25) is 0 Å². The first-order chi connectivity index (χ1) is 12.5. The van der Waals surface area contributed by atoms with Crippen LogP contribution in [0.1, 0.15) is 42.5 Å². The average molecular weight is 355 g/mol. The Kier molecular flexibility index (Phi) is 3.34. The molecule has 0 aromatic carbocycles. The highest BCUT2D eigenvalue weighted by Crippen LogP contribution is 2.67. The molecule has 2 heterocycles. The quantitative estimate of drug-likeness (QED) is 0.636. The zero-order valence-electron chi connectivity index (χ0n) is 14.2. The minimum atomic E-state index is -0.294. The molecule has 3 fully saturated rings. The van der Waals surface area contributed by atoms with Gasteiger partial charge in [0.15, 0.2) is 0 Å². The number of carbonyl (C=O) groups excluding carboxylic acids is 2. The fraction of sp³-hybridized carbons (Fsp3) is 0.556. The molecule has 2 aromatic heterocycles. The van der Waals surface area contributed by atoms with Gasteiger partial charge in [-0.15, -0.1) is 0 Å². The Hall–Kier alpha value is -2.48. The maximum absolute atomic E-state index is 12.5. The SMILES string of the molecule is O=C(N[C@H]1CC[C@@H](NC(=O)[C@@]23C[C@@H](O)[C@@H]2C3)C1)c1cnc2cn[nH]c2c1. The average Bonchev–Trinajstić information content (AvgIpc) is 2.96. The number of rotatable bonds is 4. The number of H-pyrrole nitrogens is 1. The van der Waals surface area contributed by atoms with Crippen LogP contribution in [0.4, 0.5) is 0 Å². The second kappa shape index (κ2) is 5.51. The van der Waals surface area contributed by atoms with Gasteiger partial charge in [-0.3, -0.25) is 19.7 Å². The van der Waals surface area contributed by atoms with Gasteiger partial charge in [0.1, 0.15) is 5.52 Å². The largest absolute Gasteiger partial charge is 0.393 e. The van der Waals surface area contributed by atoms with E-state index in [2.05, 4.69) is 25.8 Å². The minimum absolute atomic E-state index is 0.0461. The number of hydrogen-bond donors (Lipinski definition) is 4. The van der Waals surface area contributed by atoms with Crippen molar-refractivity contribution in [2.24, 2.45) is 11.3 Å². The van der Waals surface area contributed by atoms with Crippen LogP contribution in [-0.4, -0.2) is 50.3 Å². The van der Waals surface area contributed by atoms with Crippen molar-refractivity contribution in [3.05, 3.63) is 24.0 Å². The molecular formula is C18H21N5O3. The lowest BCUT2D eigenvalue weighted by Crippen LogP contribution is -2.46. The Labute approximate surface area is 149 Å². The molecule has 0 unspecified atom stereocenters. The van der Waals surface area contributed by atoms with E-state index in [1.807, 2.05) is 0 Å². The van der Waals surface area contributed by atoms with E-state index in [1.54, 1.807) is 18.5 Å². The number of nitrogens with zero attached hydrogens (tertiary/aromatic N) is 2. The third kappa shape index (κ3) is 2.39. The van der Waals surface area contributed by atoms with E-state index in [0.717, 1.165) is 36.7 Å². The van der Waals surface area contributed by atoms with E-state index in [1.165, 1.54) is 0 Å². The third-order valence-electron chi connectivity index (χ3n) is 6.28. The maximum atomic E-state index is 12.5. The summed E-state index contributed by atoms with van der Waals surface area (Å²) in [4.78, 5) is 29.1. The molecule has 3 saturated carbocycles. The highest BCUT2D eigenvalue weighted by Gasteiger charge is 2.71. The molecule has 26 heavy (non-hydrogen) atoms. The molecule has 5 atom stereocenters. The molecule has 2 aromatic rings. The summed E-state index contributed by atoms with van der Waals surface area (Å²) < 4.78 is 0. The molecule has 0 aliphatic heterocycles. The van der Waals surface area contributed by atoms with Gasteiger partial charge in [-0.05, 0) is 38.2 Å². The van der Waals surface area contributed by atoms with Crippen LogP contribution >= 0.6 is 0 Å². The Morgan fingerprint density at radius 2 is 2.00 bits per heavy atom. The van der Waals surface area contributed by atoms with Crippen molar-refractivity contribution in [1.82, 2.24) is 25.8 Å². The van der Waals surface area contributed by atoms with Crippen LogP contribution in [0.15, 0.2) is 18.5 Å². The summed E-state index contributed by atoms with van der Waals surface area (Å²) in [7, 11) is 0. The molecule has 8 nitrogen and oxygen atoms in total. The molecule has 0 spiro atoms. The van der Waals surface area contributed by atoms with Crippen LogP contribution < -0.4 is 10.6 Å². The smallest absolute Gasteiger partial charge is 0.253 e. The topological polar surface area (TPSA) is 120 Å².